The van der Waals surface area contributed by atoms with Crippen molar-refractivity contribution in [2.75, 3.05) is 36.5 Å². The van der Waals surface area contributed by atoms with Crippen molar-refractivity contribution in [1.82, 2.24) is 14.4 Å². The predicted molar refractivity (Wildman–Crippen MR) is 117 cm³/mol. The number of ether oxygens (including phenoxy) is 1. The van der Waals surface area contributed by atoms with Crippen LogP contribution in [0.1, 0.15) is 5.56 Å². The van der Waals surface area contributed by atoms with Gasteiger partial charge < -0.3 is 20.1 Å². The van der Waals surface area contributed by atoms with Crippen LogP contribution in [-0.2, 0) is 11.3 Å². The summed E-state index contributed by atoms with van der Waals surface area (Å²) in [5.41, 5.74) is 5.67. The number of anilines is 3. The van der Waals surface area contributed by atoms with Gasteiger partial charge >= 0.3 is 0 Å². The smallest absolute Gasteiger partial charge is 0.180 e. The number of nitrogens with one attached hydrogen (secondary N) is 1. The lowest BCUT2D eigenvalue weighted by Crippen LogP contribution is -2.36. The lowest BCUT2D eigenvalue weighted by Gasteiger charge is -2.28. The molecule has 1 aliphatic heterocycles. The molecular formula is C23H23N5O2. The quantitative estimate of drug-likeness (QED) is 0.533. The Kier molecular flexibility index (Phi) is 5.04. The second-order valence-corrected chi connectivity index (χ2v) is 7.24. The molecule has 0 saturated carbocycles. The molecule has 1 aliphatic rings. The number of hydrogen-bond acceptors (Lipinski definition) is 6. The molecule has 2 N–H and O–H groups in total. The van der Waals surface area contributed by atoms with Gasteiger partial charge in [-0.25, -0.2) is 9.97 Å². The molecule has 152 valence electrons. The molecule has 1 fully saturated rings. The van der Waals surface area contributed by atoms with Gasteiger partial charge in [-0.2, -0.15) is 0 Å². The Labute approximate surface area is 174 Å². The lowest BCUT2D eigenvalue weighted by molar-refractivity contribution is 0.122. The molecule has 0 radical (unpaired) electrons. The van der Waals surface area contributed by atoms with E-state index in [1.54, 1.807) is 6.20 Å². The zero-order valence-electron chi connectivity index (χ0n) is 16.5. The van der Waals surface area contributed by atoms with Gasteiger partial charge in [0, 0.05) is 42.4 Å². The van der Waals surface area contributed by atoms with Crippen molar-refractivity contribution < 1.29 is 9.84 Å². The largest absolute Gasteiger partial charge is 0.392 e. The van der Waals surface area contributed by atoms with E-state index in [0.717, 1.165) is 54.5 Å². The number of aliphatic hydroxyl groups excluding tert-OH is 1. The third-order valence-electron chi connectivity index (χ3n) is 5.34. The Hall–Kier alpha value is -3.42. The van der Waals surface area contributed by atoms with Crippen molar-refractivity contribution in [2.24, 2.45) is 0 Å². The van der Waals surface area contributed by atoms with Gasteiger partial charge in [0.2, 0.25) is 0 Å². The molecule has 2 aromatic carbocycles. The van der Waals surface area contributed by atoms with Gasteiger partial charge in [0.15, 0.2) is 11.5 Å². The van der Waals surface area contributed by atoms with Crippen molar-refractivity contribution in [3.05, 3.63) is 72.7 Å². The molecule has 3 heterocycles. The van der Waals surface area contributed by atoms with Gasteiger partial charge in [-0.15, -0.1) is 0 Å². The standard InChI is InChI=1S/C23H23N5O2/c29-16-17-2-1-3-18(14-17)21-15-25-22(23-24-8-9-28(21)23)26-19-4-6-20(7-5-19)27-10-12-30-13-11-27/h1-9,14-15,29H,10-13,16H2,(H,25,26). The fourth-order valence-corrected chi connectivity index (χ4v) is 3.76. The van der Waals surface area contributed by atoms with E-state index in [1.165, 1.54) is 5.69 Å². The third kappa shape index (κ3) is 3.60. The van der Waals surface area contributed by atoms with Gasteiger partial charge in [-0.1, -0.05) is 18.2 Å². The predicted octanol–water partition coefficient (Wildman–Crippen LogP) is 3.47. The molecule has 1 saturated heterocycles. The van der Waals surface area contributed by atoms with Crippen molar-refractivity contribution >= 4 is 22.8 Å². The minimum atomic E-state index is 0.00836. The number of morpholine rings is 1. The molecule has 7 heteroatoms. The van der Waals surface area contributed by atoms with E-state index in [-0.39, 0.29) is 6.61 Å². The number of aliphatic hydroxyl groups is 1. The SMILES string of the molecule is OCc1cccc(-c2cnc(Nc3ccc(N4CCOCC4)cc3)c3nccn23)c1. The van der Waals surface area contributed by atoms with E-state index in [2.05, 4.69) is 44.5 Å². The number of rotatable bonds is 5. The highest BCUT2D eigenvalue weighted by atomic mass is 16.5. The molecule has 4 aromatic rings. The summed E-state index contributed by atoms with van der Waals surface area (Å²) in [6.45, 7) is 3.39. The first kappa shape index (κ1) is 18.6. The summed E-state index contributed by atoms with van der Waals surface area (Å²) in [7, 11) is 0. The van der Waals surface area contributed by atoms with E-state index < -0.39 is 0 Å². The van der Waals surface area contributed by atoms with Crippen molar-refractivity contribution in [3.63, 3.8) is 0 Å². The third-order valence-corrected chi connectivity index (χ3v) is 5.34. The van der Waals surface area contributed by atoms with Crippen LogP contribution in [0.4, 0.5) is 17.2 Å². The summed E-state index contributed by atoms with van der Waals surface area (Å²) < 4.78 is 7.44. The maximum Gasteiger partial charge on any atom is 0.180 e. The molecule has 0 amide bonds. The molecule has 5 rings (SSSR count). The van der Waals surface area contributed by atoms with Crippen LogP contribution in [0.5, 0.6) is 0 Å². The van der Waals surface area contributed by atoms with Crippen molar-refractivity contribution in [2.45, 2.75) is 6.61 Å². The first-order chi connectivity index (χ1) is 14.8. The van der Waals surface area contributed by atoms with E-state index >= 15 is 0 Å². The van der Waals surface area contributed by atoms with Crippen molar-refractivity contribution in [1.29, 1.82) is 0 Å². The summed E-state index contributed by atoms with van der Waals surface area (Å²) >= 11 is 0. The Morgan fingerprint density at radius 1 is 1.03 bits per heavy atom. The molecule has 0 bridgehead atoms. The Bertz CT molecular complexity index is 1150. The van der Waals surface area contributed by atoms with Gasteiger partial charge in [0.05, 0.1) is 31.7 Å². The van der Waals surface area contributed by atoms with Crippen LogP contribution < -0.4 is 10.2 Å². The molecule has 0 unspecified atom stereocenters. The number of nitrogens with zero attached hydrogens (tertiary/aromatic N) is 4. The van der Waals surface area contributed by atoms with Gasteiger partial charge in [0.25, 0.3) is 0 Å². The number of fused-ring (bicyclic) bond motifs is 1. The summed E-state index contributed by atoms with van der Waals surface area (Å²) in [6, 6.07) is 16.2. The Balaban J connectivity index is 1.42. The topological polar surface area (TPSA) is 74.9 Å². The van der Waals surface area contributed by atoms with Gasteiger partial charge in [-0.05, 0) is 35.9 Å². The minimum Gasteiger partial charge on any atom is -0.392 e. The maximum absolute atomic E-state index is 9.44. The van der Waals surface area contributed by atoms with E-state index in [9.17, 15) is 5.11 Å². The van der Waals surface area contributed by atoms with Crippen LogP contribution >= 0.6 is 0 Å². The molecule has 0 aliphatic carbocycles. The lowest BCUT2D eigenvalue weighted by atomic mass is 10.1. The van der Waals surface area contributed by atoms with Crippen LogP contribution in [-0.4, -0.2) is 45.8 Å². The Morgan fingerprint density at radius 2 is 1.87 bits per heavy atom. The fourth-order valence-electron chi connectivity index (χ4n) is 3.76. The molecule has 2 aromatic heterocycles. The maximum atomic E-state index is 9.44. The van der Waals surface area contributed by atoms with Crippen LogP contribution in [0.2, 0.25) is 0 Å². The summed E-state index contributed by atoms with van der Waals surface area (Å²) in [5, 5.41) is 12.8. The highest BCUT2D eigenvalue weighted by molar-refractivity contribution is 5.74. The Morgan fingerprint density at radius 3 is 2.67 bits per heavy atom. The monoisotopic (exact) mass is 401 g/mol. The summed E-state index contributed by atoms with van der Waals surface area (Å²) in [4.78, 5) is 11.5. The first-order valence-corrected chi connectivity index (χ1v) is 10.0. The number of hydrogen-bond donors (Lipinski definition) is 2. The van der Waals surface area contributed by atoms with Crippen LogP contribution in [0, 0.1) is 0 Å². The molecule has 0 spiro atoms. The summed E-state index contributed by atoms with van der Waals surface area (Å²) in [6.07, 6.45) is 5.52. The second-order valence-electron chi connectivity index (χ2n) is 7.24. The van der Waals surface area contributed by atoms with Crippen LogP contribution in [0.3, 0.4) is 0 Å². The van der Waals surface area contributed by atoms with E-state index in [4.69, 9.17) is 4.74 Å². The minimum absolute atomic E-state index is 0.00836. The van der Waals surface area contributed by atoms with Gasteiger partial charge in [-0.3, -0.25) is 4.40 Å². The fraction of sp³-hybridized carbons (Fsp3) is 0.217. The summed E-state index contributed by atoms with van der Waals surface area (Å²) in [5.74, 6) is 0.696. The molecule has 0 atom stereocenters. The molecule has 30 heavy (non-hydrogen) atoms. The molecule has 7 nitrogen and oxygen atoms in total. The van der Waals surface area contributed by atoms with Crippen LogP contribution in [0.25, 0.3) is 16.9 Å². The zero-order valence-corrected chi connectivity index (χ0v) is 16.5. The van der Waals surface area contributed by atoms with E-state index in [0.29, 0.717) is 5.82 Å². The van der Waals surface area contributed by atoms with Gasteiger partial charge in [0.1, 0.15) is 0 Å². The average molecular weight is 401 g/mol. The highest BCUT2D eigenvalue weighted by Gasteiger charge is 2.13. The number of benzene rings is 2. The second kappa shape index (κ2) is 8.14. The normalized spacial score (nSPS) is 14.2. The molecular weight excluding hydrogens is 378 g/mol. The first-order valence-electron chi connectivity index (χ1n) is 10.0. The van der Waals surface area contributed by atoms with E-state index in [1.807, 2.05) is 41.1 Å². The average Bonchev–Trinajstić information content (AvgIpc) is 3.31. The number of aromatic nitrogens is 3. The number of imidazole rings is 1. The van der Waals surface area contributed by atoms with Crippen LogP contribution in [0.15, 0.2) is 67.1 Å². The highest BCUT2D eigenvalue weighted by Crippen LogP contribution is 2.27. The zero-order chi connectivity index (χ0) is 20.3. The van der Waals surface area contributed by atoms with Crippen molar-refractivity contribution in [3.8, 4) is 11.3 Å².